The van der Waals surface area contributed by atoms with Gasteiger partial charge in [-0.2, -0.15) is 22.7 Å². The summed E-state index contributed by atoms with van der Waals surface area (Å²) in [6.45, 7) is -0.100. The average Bonchev–Trinajstić information content (AvgIpc) is 3.71. The number of amides is 2. The molecule has 0 bridgehead atoms. The van der Waals surface area contributed by atoms with Crippen molar-refractivity contribution in [2.75, 3.05) is 24.7 Å². The maximum Gasteiger partial charge on any atom is 0.416 e. The monoisotopic (exact) mass is 725 g/mol. The molecule has 2 aliphatic rings. The Bertz CT molecular complexity index is 2220. The lowest BCUT2D eigenvalue weighted by Gasteiger charge is -2.38. The van der Waals surface area contributed by atoms with Crippen molar-refractivity contribution in [1.29, 1.82) is 0 Å². The largest absolute Gasteiger partial charge is 0.505 e. The van der Waals surface area contributed by atoms with Crippen LogP contribution < -0.4 is 10.9 Å². The summed E-state index contributed by atoms with van der Waals surface area (Å²) in [6, 6.07) is 12.9. The number of pyridine rings is 1. The number of piperidine rings is 1. The second kappa shape index (κ2) is 12.8. The molecule has 2 aromatic carbocycles. The fourth-order valence-corrected chi connectivity index (χ4v) is 6.95. The molecule has 7 rings (SSSR count). The van der Waals surface area contributed by atoms with Crippen molar-refractivity contribution in [3.63, 3.8) is 0 Å². The van der Waals surface area contributed by atoms with Gasteiger partial charge in [0, 0.05) is 29.7 Å². The number of alkyl halides is 3. The molecule has 5 aromatic rings. The van der Waals surface area contributed by atoms with Crippen molar-refractivity contribution in [1.82, 2.24) is 29.0 Å². The van der Waals surface area contributed by atoms with Gasteiger partial charge in [0.05, 0.1) is 34.1 Å². The Morgan fingerprint density at radius 3 is 2.52 bits per heavy atom. The first-order valence-corrected chi connectivity index (χ1v) is 16.9. The molecule has 0 aliphatic carbocycles. The van der Waals surface area contributed by atoms with E-state index in [0.29, 0.717) is 11.3 Å². The van der Waals surface area contributed by atoms with Crippen LogP contribution in [0.1, 0.15) is 40.2 Å². The third-order valence-electron chi connectivity index (χ3n) is 8.86. The van der Waals surface area contributed by atoms with E-state index >= 15 is 0 Å². The number of fused-ring (bicyclic) bond motifs is 3. The highest BCUT2D eigenvalue weighted by Gasteiger charge is 2.48. The minimum absolute atomic E-state index is 0.0295. The summed E-state index contributed by atoms with van der Waals surface area (Å²) in [5.74, 6) is -1.05. The van der Waals surface area contributed by atoms with Gasteiger partial charge in [0.25, 0.3) is 11.5 Å². The number of thioether (sulfide) groups is 1. The number of nitrogens with one attached hydrogen (secondary N) is 1. The van der Waals surface area contributed by atoms with Crippen LogP contribution in [0.3, 0.4) is 0 Å². The summed E-state index contributed by atoms with van der Waals surface area (Å²) in [5.41, 5.74) is -1.40. The van der Waals surface area contributed by atoms with E-state index < -0.39 is 41.3 Å². The number of carbonyl (C=O) groups is 2. The van der Waals surface area contributed by atoms with Gasteiger partial charge in [-0.1, -0.05) is 23.7 Å². The number of halogens is 4. The highest BCUT2D eigenvalue weighted by Crippen LogP contribution is 2.43. The number of rotatable bonds is 6. The smallest absolute Gasteiger partial charge is 0.416 e. The predicted molar refractivity (Wildman–Crippen MR) is 177 cm³/mol. The van der Waals surface area contributed by atoms with Gasteiger partial charge < -0.3 is 24.6 Å². The minimum atomic E-state index is -4.62. The first-order chi connectivity index (χ1) is 23.9. The van der Waals surface area contributed by atoms with Crippen LogP contribution in [0.15, 0.2) is 70.5 Å². The first kappa shape index (κ1) is 33.6. The van der Waals surface area contributed by atoms with Gasteiger partial charge in [0.2, 0.25) is 11.7 Å². The number of carbonyl (C=O) groups excluding carboxylic acids is 2. The maximum absolute atomic E-state index is 14.2. The van der Waals surface area contributed by atoms with Crippen LogP contribution in [0.4, 0.5) is 18.9 Å². The van der Waals surface area contributed by atoms with E-state index in [2.05, 4.69) is 20.4 Å². The summed E-state index contributed by atoms with van der Waals surface area (Å²) in [6.07, 6.45) is -0.811. The van der Waals surface area contributed by atoms with Crippen LogP contribution in [0.2, 0.25) is 5.02 Å². The Kier molecular flexibility index (Phi) is 8.56. The van der Waals surface area contributed by atoms with Crippen LogP contribution in [-0.2, 0) is 34.5 Å². The molecule has 2 N–H and O–H groups in total. The first-order valence-electron chi connectivity index (χ1n) is 15.3. The maximum atomic E-state index is 14.2. The van der Waals surface area contributed by atoms with Gasteiger partial charge in [-0.15, -0.1) is 16.9 Å². The second-order valence-electron chi connectivity index (χ2n) is 11.8. The molecule has 0 radical (unpaired) electrons. The molecule has 2 aliphatic heterocycles. The fourth-order valence-electron chi connectivity index (χ4n) is 6.32. The number of hydrogen-bond acceptors (Lipinski definition) is 9. The number of anilines is 1. The highest BCUT2D eigenvalue weighted by molar-refractivity contribution is 7.98. The topological polar surface area (TPSA) is 144 Å². The van der Waals surface area contributed by atoms with Crippen LogP contribution in [0, 0.1) is 0 Å². The van der Waals surface area contributed by atoms with Gasteiger partial charge in [-0.05, 0) is 61.6 Å². The summed E-state index contributed by atoms with van der Waals surface area (Å²) in [4.78, 5) is 52.1. The van der Waals surface area contributed by atoms with Crippen molar-refractivity contribution < 1.29 is 32.6 Å². The lowest BCUT2D eigenvalue weighted by molar-refractivity contribution is -0.137. The quantitative estimate of drug-likeness (QED) is 0.221. The van der Waals surface area contributed by atoms with E-state index in [1.165, 1.54) is 27.8 Å². The molecule has 0 saturated carbocycles. The van der Waals surface area contributed by atoms with Crippen LogP contribution >= 0.6 is 23.4 Å². The van der Waals surface area contributed by atoms with E-state index in [9.17, 15) is 32.7 Å². The van der Waals surface area contributed by atoms with Crippen LogP contribution in [0.5, 0.6) is 5.75 Å². The summed E-state index contributed by atoms with van der Waals surface area (Å²) >= 11 is 7.66. The molecule has 12 nitrogen and oxygen atoms in total. The van der Waals surface area contributed by atoms with Gasteiger partial charge in [-0.25, -0.2) is 4.98 Å². The number of aromatic hydroxyl groups is 1. The molecule has 17 heteroatoms. The number of nitrogens with zero attached hydrogens (tertiary/aromatic N) is 6. The molecule has 50 heavy (non-hydrogen) atoms. The molecule has 0 atom stereocenters. The van der Waals surface area contributed by atoms with E-state index in [0.717, 1.165) is 27.6 Å². The van der Waals surface area contributed by atoms with Crippen molar-refractivity contribution in [3.8, 4) is 17.1 Å². The predicted octanol–water partition coefficient (Wildman–Crippen LogP) is 5.35. The minimum Gasteiger partial charge on any atom is -0.505 e. The Labute approximate surface area is 290 Å². The van der Waals surface area contributed by atoms with Gasteiger partial charge >= 0.3 is 6.18 Å². The van der Waals surface area contributed by atoms with Crippen molar-refractivity contribution in [2.24, 2.45) is 0 Å². The Morgan fingerprint density at radius 2 is 1.86 bits per heavy atom. The number of aromatic nitrogens is 5. The van der Waals surface area contributed by atoms with Crippen molar-refractivity contribution in [2.45, 2.75) is 42.7 Å². The van der Waals surface area contributed by atoms with E-state index in [4.69, 9.17) is 16.3 Å². The van der Waals surface area contributed by atoms with Crippen molar-refractivity contribution >= 4 is 46.6 Å². The van der Waals surface area contributed by atoms with Gasteiger partial charge in [-0.3, -0.25) is 14.4 Å². The molecule has 2 amide bonds. The Morgan fingerprint density at radius 1 is 1.12 bits per heavy atom. The fraction of sp³-hybridized carbons (Fsp3) is 0.273. The zero-order valence-corrected chi connectivity index (χ0v) is 27.8. The molecular formula is C33H27ClF3N7O5S. The third kappa shape index (κ3) is 5.96. The van der Waals surface area contributed by atoms with Gasteiger partial charge in [0.1, 0.15) is 17.9 Å². The molecule has 258 valence electrons. The molecule has 1 saturated heterocycles. The summed E-state index contributed by atoms with van der Waals surface area (Å²) < 4.78 is 48.5. The Balaban J connectivity index is 1.26. The zero-order valence-electron chi connectivity index (χ0n) is 26.2. The van der Waals surface area contributed by atoms with Crippen LogP contribution in [0.25, 0.3) is 17.2 Å². The SMILES string of the molecule is CSc1ccc(-c2nc3n(CC(=O)Nc4ccc(C(F)(F)F)cc4Cl)c4c(c(=O)n3n2)C2(CCN(C(=O)c3ncccc3O)CC2)OC4)cc1. The number of benzene rings is 2. The number of hydrogen-bond donors (Lipinski definition) is 2. The molecule has 0 unspecified atom stereocenters. The van der Waals surface area contributed by atoms with E-state index in [1.807, 2.05) is 30.5 Å². The third-order valence-corrected chi connectivity index (χ3v) is 9.92. The van der Waals surface area contributed by atoms with E-state index in [1.54, 1.807) is 11.8 Å². The lowest BCUT2D eigenvalue weighted by Crippen LogP contribution is -2.47. The summed E-state index contributed by atoms with van der Waals surface area (Å²) in [5, 5.41) is 17.0. The average molecular weight is 726 g/mol. The Hall–Kier alpha value is -4.93. The van der Waals surface area contributed by atoms with E-state index in [-0.39, 0.29) is 71.9 Å². The van der Waals surface area contributed by atoms with Crippen molar-refractivity contribution in [3.05, 3.63) is 98.7 Å². The lowest BCUT2D eigenvalue weighted by atomic mass is 9.85. The molecule has 1 spiro atoms. The number of ether oxygens (including phenoxy) is 1. The highest BCUT2D eigenvalue weighted by atomic mass is 35.5. The van der Waals surface area contributed by atoms with Crippen LogP contribution in [-0.4, -0.2) is 65.3 Å². The summed E-state index contributed by atoms with van der Waals surface area (Å²) in [7, 11) is 0. The normalized spacial score (nSPS) is 15.4. The number of likely N-dealkylation sites (tertiary alicyclic amines) is 1. The molecule has 1 fully saturated rings. The van der Waals surface area contributed by atoms with Gasteiger partial charge in [0.15, 0.2) is 11.5 Å². The molecular weight excluding hydrogens is 699 g/mol. The standard InChI is InChI=1S/C33H27ClF3N7O5S/c1-50-20-7-4-18(5-8-20)28-40-31-43(16-25(46)39-22-9-6-19(15-21(22)34)33(35,36)37)23-17-49-32(26(23)29(47)44(31)41-28)10-13-42(14-11-32)30(48)27-24(45)3-2-12-38-27/h2-9,12,15,45H,10-11,13-14,16-17H2,1H3,(H,39,46). The molecule has 3 aromatic heterocycles. The molecule has 5 heterocycles. The second-order valence-corrected chi connectivity index (χ2v) is 13.1. The zero-order chi connectivity index (χ0) is 35.4.